The number of rotatable bonds is 12. The first-order chi connectivity index (χ1) is 17.8. The van der Waals surface area contributed by atoms with Gasteiger partial charge >= 0.3 is 0 Å². The number of carbonyl (C=O) groups excluding carboxylic acids is 1. The van der Waals surface area contributed by atoms with Crippen LogP contribution < -0.4 is 29.2 Å². The first-order valence-corrected chi connectivity index (χ1v) is 11.6. The highest BCUT2D eigenvalue weighted by molar-refractivity contribution is 5.76. The van der Waals surface area contributed by atoms with Gasteiger partial charge in [-0.1, -0.05) is 6.07 Å². The van der Waals surface area contributed by atoms with Gasteiger partial charge in [-0.25, -0.2) is 0 Å². The van der Waals surface area contributed by atoms with E-state index in [2.05, 4.69) is 15.2 Å². The molecule has 1 N–H and O–H groups in total. The van der Waals surface area contributed by atoms with Gasteiger partial charge in [-0.15, -0.1) is 10.2 Å². The molecule has 0 unspecified atom stereocenters. The van der Waals surface area contributed by atoms with Gasteiger partial charge in [-0.05, 0) is 36.2 Å². The van der Waals surface area contributed by atoms with E-state index in [4.69, 9.17) is 23.7 Å². The summed E-state index contributed by atoms with van der Waals surface area (Å²) in [5, 5.41) is 8.21. The Bertz CT molecular complexity index is 1270. The average molecular weight is 513 g/mol. The smallest absolute Gasteiger partial charge is 0.273 e. The minimum Gasteiger partial charge on any atom is -0.493 e. The first kappa shape index (κ1) is 27.3. The van der Waals surface area contributed by atoms with Crippen molar-refractivity contribution in [1.29, 1.82) is 0 Å². The Morgan fingerprint density at radius 3 is 2.05 bits per heavy atom. The molecule has 0 fully saturated rings. The number of carbonyl (C=O) groups is 1. The lowest BCUT2D eigenvalue weighted by atomic mass is 10.1. The van der Waals surface area contributed by atoms with Gasteiger partial charge in [0, 0.05) is 32.0 Å². The molecule has 3 rings (SSSR count). The van der Waals surface area contributed by atoms with Crippen molar-refractivity contribution in [2.24, 2.45) is 0 Å². The van der Waals surface area contributed by atoms with Gasteiger partial charge in [0.25, 0.3) is 5.56 Å². The van der Waals surface area contributed by atoms with Gasteiger partial charge < -0.3 is 33.6 Å². The van der Waals surface area contributed by atoms with E-state index >= 15 is 0 Å². The zero-order chi connectivity index (χ0) is 26.9. The Kier molecular flexibility index (Phi) is 9.31. The summed E-state index contributed by atoms with van der Waals surface area (Å²) in [6.07, 6.45) is 0.938. The van der Waals surface area contributed by atoms with Gasteiger partial charge in [0.2, 0.25) is 11.7 Å². The van der Waals surface area contributed by atoms with Gasteiger partial charge in [-0.2, -0.15) is 0 Å². The molecule has 11 nitrogen and oxygen atoms in total. The summed E-state index contributed by atoms with van der Waals surface area (Å²) >= 11 is 0. The lowest BCUT2D eigenvalue weighted by Crippen LogP contribution is -2.30. The van der Waals surface area contributed by atoms with Crippen LogP contribution in [-0.2, 0) is 17.6 Å². The predicted octanol–water partition coefficient (Wildman–Crippen LogP) is 2.51. The molecule has 3 aromatic rings. The van der Waals surface area contributed by atoms with Crippen molar-refractivity contribution < 1.29 is 28.5 Å². The molecule has 0 radical (unpaired) electrons. The number of hydrogen-bond donors (Lipinski definition) is 1. The summed E-state index contributed by atoms with van der Waals surface area (Å²) in [6, 6.07) is 8.99. The highest BCUT2D eigenvalue weighted by Gasteiger charge is 2.17. The third-order valence-corrected chi connectivity index (χ3v) is 5.89. The molecule has 0 bridgehead atoms. The fourth-order valence-corrected chi connectivity index (χ4v) is 3.75. The Labute approximate surface area is 215 Å². The normalized spacial score (nSPS) is 10.5. The van der Waals surface area contributed by atoms with Crippen LogP contribution in [0, 0.1) is 0 Å². The number of H-pyrrole nitrogens is 1. The summed E-state index contributed by atoms with van der Waals surface area (Å²) in [7, 11) is 9.40. The molecule has 0 saturated carbocycles. The zero-order valence-corrected chi connectivity index (χ0v) is 21.9. The number of likely N-dealkylation sites (N-methyl/N-ethyl adjacent to an activating group) is 1. The van der Waals surface area contributed by atoms with E-state index in [9.17, 15) is 9.59 Å². The topological polar surface area (TPSA) is 125 Å². The second-order valence-corrected chi connectivity index (χ2v) is 8.12. The molecule has 2 aromatic carbocycles. The molecule has 0 saturated heterocycles. The van der Waals surface area contributed by atoms with E-state index in [1.165, 1.54) is 21.3 Å². The van der Waals surface area contributed by atoms with Crippen molar-refractivity contribution in [3.05, 3.63) is 51.9 Å². The Hall–Kier alpha value is -4.28. The molecule has 11 heteroatoms. The number of nitrogens with zero attached hydrogens (tertiary/aromatic N) is 3. The molecule has 1 heterocycles. The minimum absolute atomic E-state index is 0.101. The average Bonchev–Trinajstić information content (AvgIpc) is 2.93. The van der Waals surface area contributed by atoms with Crippen molar-refractivity contribution in [3.63, 3.8) is 0 Å². The number of benzene rings is 2. The van der Waals surface area contributed by atoms with Gasteiger partial charge in [0.05, 0.1) is 35.5 Å². The molecule has 198 valence electrons. The van der Waals surface area contributed by atoms with Gasteiger partial charge in [-0.3, -0.25) is 9.59 Å². The predicted molar refractivity (Wildman–Crippen MR) is 137 cm³/mol. The molecular weight excluding hydrogens is 480 g/mol. The molecule has 0 aliphatic rings. The molecule has 37 heavy (non-hydrogen) atoms. The fraction of sp³-hybridized carbons (Fsp3) is 0.385. The summed E-state index contributed by atoms with van der Waals surface area (Å²) in [5.74, 6) is 2.70. The van der Waals surface area contributed by atoms with Crippen LogP contribution in [0.15, 0.2) is 35.1 Å². The Morgan fingerprint density at radius 2 is 1.49 bits per heavy atom. The van der Waals surface area contributed by atoms with E-state index < -0.39 is 5.56 Å². The third kappa shape index (κ3) is 6.49. The van der Waals surface area contributed by atoms with Crippen LogP contribution in [0.25, 0.3) is 11.4 Å². The van der Waals surface area contributed by atoms with E-state index in [1.807, 2.05) is 18.2 Å². The maximum absolute atomic E-state index is 12.7. The second-order valence-electron chi connectivity index (χ2n) is 8.12. The van der Waals surface area contributed by atoms with Gasteiger partial charge in [0.15, 0.2) is 28.8 Å². The number of nitrogens with one attached hydrogen (secondary N) is 1. The Morgan fingerprint density at radius 1 is 0.838 bits per heavy atom. The van der Waals surface area contributed by atoms with Crippen molar-refractivity contribution in [2.75, 3.05) is 49.1 Å². The highest BCUT2D eigenvalue weighted by Crippen LogP contribution is 2.40. The monoisotopic (exact) mass is 512 g/mol. The highest BCUT2D eigenvalue weighted by atomic mass is 16.5. The number of methoxy groups -OCH3 is 5. The second kappa shape index (κ2) is 12.6. The minimum atomic E-state index is -0.417. The largest absolute Gasteiger partial charge is 0.493 e. The number of aromatic nitrogens is 3. The quantitative estimate of drug-likeness (QED) is 0.390. The SMILES string of the molecule is COc1ccc(CCN(C)C(=O)CCc2nnc(-c3cc(OC)c(OC)c(OC)c3)[nH]c2=O)cc1OC. The first-order valence-electron chi connectivity index (χ1n) is 11.6. The zero-order valence-electron chi connectivity index (χ0n) is 21.9. The summed E-state index contributed by atoms with van der Waals surface area (Å²) < 4.78 is 26.6. The van der Waals surface area contributed by atoms with E-state index in [0.29, 0.717) is 47.3 Å². The van der Waals surface area contributed by atoms with Crippen molar-refractivity contribution in [2.45, 2.75) is 19.3 Å². The van der Waals surface area contributed by atoms with E-state index in [1.54, 1.807) is 38.3 Å². The standard InChI is InChI=1S/C26H32N4O7/c1-30(12-11-16-7-9-19(33-2)20(13-16)34-3)23(31)10-8-18-26(32)27-25(29-28-18)17-14-21(35-4)24(37-6)22(15-17)36-5/h7,9,13-15H,8,10-12H2,1-6H3,(H,27,29,32). The number of aryl methyl sites for hydroxylation is 1. The van der Waals surface area contributed by atoms with Crippen LogP contribution in [0.2, 0.25) is 0 Å². The van der Waals surface area contributed by atoms with Crippen molar-refractivity contribution >= 4 is 5.91 Å². The van der Waals surface area contributed by atoms with E-state index in [-0.39, 0.29) is 30.3 Å². The Balaban J connectivity index is 1.63. The maximum atomic E-state index is 12.7. The number of aromatic amines is 1. The van der Waals surface area contributed by atoms with E-state index in [0.717, 1.165) is 5.56 Å². The lowest BCUT2D eigenvalue weighted by Gasteiger charge is -2.17. The molecule has 0 aliphatic heterocycles. The van der Waals surface area contributed by atoms with Crippen LogP contribution >= 0.6 is 0 Å². The molecule has 0 atom stereocenters. The summed E-state index contributed by atoms with van der Waals surface area (Å²) in [4.78, 5) is 29.7. The fourth-order valence-electron chi connectivity index (χ4n) is 3.75. The molecule has 0 spiro atoms. The van der Waals surface area contributed by atoms with Crippen molar-refractivity contribution in [3.8, 4) is 40.1 Å². The molecule has 0 aliphatic carbocycles. The number of amides is 1. The van der Waals surface area contributed by atoms with Gasteiger partial charge in [0.1, 0.15) is 5.69 Å². The number of ether oxygens (including phenoxy) is 5. The summed E-state index contributed by atoms with van der Waals surface area (Å²) in [6.45, 7) is 0.510. The van der Waals surface area contributed by atoms with Crippen LogP contribution in [0.5, 0.6) is 28.7 Å². The maximum Gasteiger partial charge on any atom is 0.273 e. The van der Waals surface area contributed by atoms with Crippen LogP contribution in [0.4, 0.5) is 0 Å². The third-order valence-electron chi connectivity index (χ3n) is 5.89. The van der Waals surface area contributed by atoms with Crippen LogP contribution in [-0.4, -0.2) is 75.1 Å². The van der Waals surface area contributed by atoms with Crippen molar-refractivity contribution in [1.82, 2.24) is 20.1 Å². The summed E-state index contributed by atoms with van der Waals surface area (Å²) in [5.41, 5.74) is 1.32. The lowest BCUT2D eigenvalue weighted by molar-refractivity contribution is -0.129. The number of hydrogen-bond acceptors (Lipinski definition) is 9. The molecular formula is C26H32N4O7. The van der Waals surface area contributed by atoms with Crippen LogP contribution in [0.1, 0.15) is 17.7 Å². The molecule has 1 amide bonds. The molecule has 1 aromatic heterocycles. The van der Waals surface area contributed by atoms with Crippen LogP contribution in [0.3, 0.4) is 0 Å².